The molecule has 0 fully saturated rings. The Morgan fingerprint density at radius 2 is 2.28 bits per heavy atom. The van der Waals surface area contributed by atoms with Gasteiger partial charge in [0.1, 0.15) is 0 Å². The van der Waals surface area contributed by atoms with Gasteiger partial charge in [0, 0.05) is 25.0 Å². The molecule has 0 saturated heterocycles. The summed E-state index contributed by atoms with van der Waals surface area (Å²) >= 11 is 3.53. The lowest BCUT2D eigenvalue weighted by Gasteiger charge is -2.14. The monoisotopic (exact) mass is 281 g/mol. The third-order valence-corrected chi connectivity index (χ3v) is 4.75. The molecule has 0 aliphatic heterocycles. The molecule has 0 saturated carbocycles. The van der Waals surface area contributed by atoms with Gasteiger partial charge in [0.2, 0.25) is 0 Å². The number of anilines is 1. The average molecular weight is 281 g/mol. The van der Waals surface area contributed by atoms with Gasteiger partial charge in [-0.2, -0.15) is 11.3 Å². The molecule has 0 bridgehead atoms. The summed E-state index contributed by atoms with van der Waals surface area (Å²) in [7, 11) is 2.10. The van der Waals surface area contributed by atoms with Crippen LogP contribution in [-0.2, 0) is 13.1 Å². The number of aryl methyl sites for hydroxylation is 1. The van der Waals surface area contributed by atoms with Crippen LogP contribution in [0.1, 0.15) is 23.1 Å². The van der Waals surface area contributed by atoms with Crippen molar-refractivity contribution in [3.8, 4) is 0 Å². The minimum Gasteiger partial charge on any atom is -0.347 e. The topological polar surface area (TPSA) is 28.2 Å². The number of nitrogens with one attached hydrogen (secondary N) is 1. The highest BCUT2D eigenvalue weighted by Gasteiger charge is 2.11. The number of aromatic nitrogens is 1. The van der Waals surface area contributed by atoms with E-state index in [1.165, 1.54) is 10.4 Å². The predicted molar refractivity (Wildman–Crippen MR) is 80.7 cm³/mol. The van der Waals surface area contributed by atoms with Crippen molar-refractivity contribution in [3.63, 3.8) is 0 Å². The molecule has 0 radical (unpaired) electrons. The van der Waals surface area contributed by atoms with Crippen LogP contribution in [0.2, 0.25) is 0 Å². The Kier molecular flexibility index (Phi) is 4.74. The molecule has 2 aromatic heterocycles. The molecular weight excluding hydrogens is 262 g/mol. The molecule has 2 rings (SSSR count). The summed E-state index contributed by atoms with van der Waals surface area (Å²) in [4.78, 5) is 8.21. The van der Waals surface area contributed by atoms with E-state index in [1.54, 1.807) is 22.7 Å². The predicted octanol–water partition coefficient (Wildman–Crippen LogP) is 3.26. The fourth-order valence-corrected chi connectivity index (χ4v) is 3.35. The van der Waals surface area contributed by atoms with Gasteiger partial charge in [0.15, 0.2) is 5.13 Å². The van der Waals surface area contributed by atoms with Crippen molar-refractivity contribution >= 4 is 27.8 Å². The molecule has 0 spiro atoms. The van der Waals surface area contributed by atoms with Crippen molar-refractivity contribution in [2.24, 2.45) is 0 Å². The van der Waals surface area contributed by atoms with Gasteiger partial charge in [-0.15, -0.1) is 11.3 Å². The molecule has 5 heteroatoms. The molecule has 0 atom stereocenters. The van der Waals surface area contributed by atoms with Crippen LogP contribution in [0.15, 0.2) is 16.8 Å². The van der Waals surface area contributed by atoms with E-state index >= 15 is 0 Å². The van der Waals surface area contributed by atoms with Gasteiger partial charge in [-0.3, -0.25) is 0 Å². The van der Waals surface area contributed by atoms with Crippen molar-refractivity contribution in [2.45, 2.75) is 26.9 Å². The molecule has 98 valence electrons. The zero-order valence-corrected chi connectivity index (χ0v) is 12.7. The molecule has 18 heavy (non-hydrogen) atoms. The van der Waals surface area contributed by atoms with Crippen LogP contribution in [0.5, 0.6) is 0 Å². The fourth-order valence-electron chi connectivity index (χ4n) is 1.70. The van der Waals surface area contributed by atoms with Crippen LogP contribution < -0.4 is 10.2 Å². The zero-order valence-electron chi connectivity index (χ0n) is 11.1. The first-order valence-corrected chi connectivity index (χ1v) is 7.86. The van der Waals surface area contributed by atoms with E-state index in [-0.39, 0.29) is 0 Å². The van der Waals surface area contributed by atoms with Gasteiger partial charge < -0.3 is 10.2 Å². The zero-order chi connectivity index (χ0) is 13.0. The van der Waals surface area contributed by atoms with E-state index in [0.29, 0.717) is 0 Å². The van der Waals surface area contributed by atoms with E-state index in [1.807, 2.05) is 0 Å². The number of hydrogen-bond donors (Lipinski definition) is 1. The first kappa shape index (κ1) is 13.5. The second-order valence-electron chi connectivity index (χ2n) is 4.27. The fraction of sp³-hybridized carbons (Fsp3) is 0.462. The van der Waals surface area contributed by atoms with Crippen molar-refractivity contribution < 1.29 is 0 Å². The van der Waals surface area contributed by atoms with Crippen molar-refractivity contribution in [1.29, 1.82) is 0 Å². The summed E-state index contributed by atoms with van der Waals surface area (Å²) < 4.78 is 0. The second-order valence-corrected chi connectivity index (χ2v) is 6.12. The summed E-state index contributed by atoms with van der Waals surface area (Å²) in [6.07, 6.45) is 0. The summed E-state index contributed by atoms with van der Waals surface area (Å²) in [5.74, 6) is 0. The second kappa shape index (κ2) is 6.31. The van der Waals surface area contributed by atoms with E-state index in [9.17, 15) is 0 Å². The molecule has 1 N–H and O–H groups in total. The normalized spacial score (nSPS) is 10.8. The minimum atomic E-state index is 0.923. The van der Waals surface area contributed by atoms with Gasteiger partial charge in [-0.25, -0.2) is 4.98 Å². The molecule has 2 heterocycles. The Morgan fingerprint density at radius 3 is 2.94 bits per heavy atom. The molecule has 0 aliphatic rings. The summed E-state index contributed by atoms with van der Waals surface area (Å²) in [6, 6.07) is 2.17. The van der Waals surface area contributed by atoms with Gasteiger partial charge >= 0.3 is 0 Å². The molecule has 3 nitrogen and oxygen atoms in total. The van der Waals surface area contributed by atoms with Gasteiger partial charge in [-0.1, -0.05) is 6.92 Å². The minimum absolute atomic E-state index is 0.923. The van der Waals surface area contributed by atoms with E-state index < -0.39 is 0 Å². The van der Waals surface area contributed by atoms with Crippen LogP contribution in [0.3, 0.4) is 0 Å². The van der Waals surface area contributed by atoms with Crippen LogP contribution >= 0.6 is 22.7 Å². The highest BCUT2D eigenvalue weighted by atomic mass is 32.1. The maximum atomic E-state index is 4.65. The summed E-state index contributed by atoms with van der Waals surface area (Å²) in [5, 5.41) is 8.77. The molecule has 0 amide bonds. The van der Waals surface area contributed by atoms with Crippen LogP contribution in [-0.4, -0.2) is 18.6 Å². The SMILES string of the molecule is CCNCc1sc(N(C)Cc2ccsc2)nc1C. The summed E-state index contributed by atoms with van der Waals surface area (Å²) in [5.41, 5.74) is 2.50. The lowest BCUT2D eigenvalue weighted by Crippen LogP contribution is -2.15. The molecule has 0 aromatic carbocycles. The van der Waals surface area contributed by atoms with E-state index in [2.05, 4.69) is 52.9 Å². The maximum absolute atomic E-state index is 4.65. The molecule has 0 aliphatic carbocycles. The smallest absolute Gasteiger partial charge is 0.185 e. The molecular formula is C13H19N3S2. The van der Waals surface area contributed by atoms with Gasteiger partial charge in [-0.05, 0) is 35.9 Å². The quantitative estimate of drug-likeness (QED) is 0.881. The number of thiophene rings is 1. The number of nitrogens with zero attached hydrogens (tertiary/aromatic N) is 2. The Balaban J connectivity index is 2.03. The van der Waals surface area contributed by atoms with Crippen LogP contribution in [0.4, 0.5) is 5.13 Å². The van der Waals surface area contributed by atoms with Crippen molar-refractivity contribution in [1.82, 2.24) is 10.3 Å². The molecule has 2 aromatic rings. The summed E-state index contributed by atoms with van der Waals surface area (Å²) in [6.45, 7) is 7.06. The standard InChI is InChI=1S/C13H19N3S2/c1-4-14-7-12-10(2)15-13(18-12)16(3)8-11-5-6-17-9-11/h5-6,9,14H,4,7-8H2,1-3H3. The number of thiazole rings is 1. The van der Waals surface area contributed by atoms with E-state index in [0.717, 1.165) is 30.5 Å². The maximum Gasteiger partial charge on any atom is 0.185 e. The number of hydrogen-bond acceptors (Lipinski definition) is 5. The molecule has 0 unspecified atom stereocenters. The Labute approximate surface area is 116 Å². The first-order chi connectivity index (χ1) is 8.70. The third-order valence-electron chi connectivity index (χ3n) is 2.74. The highest BCUT2D eigenvalue weighted by molar-refractivity contribution is 7.15. The largest absolute Gasteiger partial charge is 0.347 e. The third kappa shape index (κ3) is 3.31. The van der Waals surface area contributed by atoms with E-state index in [4.69, 9.17) is 0 Å². The Morgan fingerprint density at radius 1 is 1.44 bits per heavy atom. The lowest BCUT2D eigenvalue weighted by atomic mass is 10.3. The Bertz CT molecular complexity index is 476. The Hall–Kier alpha value is -0.910. The highest BCUT2D eigenvalue weighted by Crippen LogP contribution is 2.26. The first-order valence-electron chi connectivity index (χ1n) is 6.10. The number of rotatable bonds is 6. The van der Waals surface area contributed by atoms with Gasteiger partial charge in [0.05, 0.1) is 5.69 Å². The average Bonchev–Trinajstić information content (AvgIpc) is 2.96. The van der Waals surface area contributed by atoms with Gasteiger partial charge in [0.25, 0.3) is 0 Å². The van der Waals surface area contributed by atoms with Crippen molar-refractivity contribution in [2.75, 3.05) is 18.5 Å². The lowest BCUT2D eigenvalue weighted by molar-refractivity contribution is 0.731. The van der Waals surface area contributed by atoms with Crippen LogP contribution in [0, 0.1) is 6.92 Å². The van der Waals surface area contributed by atoms with Crippen molar-refractivity contribution in [3.05, 3.63) is 33.0 Å². The van der Waals surface area contributed by atoms with Crippen LogP contribution in [0.25, 0.3) is 0 Å².